The third kappa shape index (κ3) is 4.22. The molecule has 1 aliphatic heterocycles. The van der Waals surface area contributed by atoms with E-state index in [1.54, 1.807) is 35.1 Å². The van der Waals surface area contributed by atoms with Crippen molar-refractivity contribution in [1.82, 2.24) is 24.1 Å². The molecule has 36 heavy (non-hydrogen) atoms. The number of nitrogens with zero attached hydrogens (tertiary/aromatic N) is 6. The van der Waals surface area contributed by atoms with Crippen LogP contribution in [-0.2, 0) is 13.1 Å². The Balaban J connectivity index is 1.26. The molecule has 0 amide bonds. The zero-order valence-corrected chi connectivity index (χ0v) is 20.6. The summed E-state index contributed by atoms with van der Waals surface area (Å²) in [7, 11) is 1.64. The zero-order chi connectivity index (χ0) is 24.6. The monoisotopic (exact) mass is 504 g/mol. The van der Waals surface area contributed by atoms with Gasteiger partial charge in [0.1, 0.15) is 22.7 Å². The molecular weight excluding hydrogens is 479 g/mol. The molecule has 2 aromatic carbocycles. The number of thiophene rings is 1. The van der Waals surface area contributed by atoms with Crippen molar-refractivity contribution in [2.45, 2.75) is 13.1 Å². The van der Waals surface area contributed by atoms with Crippen molar-refractivity contribution in [1.29, 1.82) is 0 Å². The van der Waals surface area contributed by atoms with Gasteiger partial charge in [-0.25, -0.2) is 14.2 Å². The Morgan fingerprint density at radius 1 is 1.03 bits per heavy atom. The van der Waals surface area contributed by atoms with Gasteiger partial charge in [0, 0.05) is 43.3 Å². The largest absolute Gasteiger partial charge is 0.497 e. The van der Waals surface area contributed by atoms with Gasteiger partial charge in [-0.2, -0.15) is 9.61 Å². The number of methoxy groups -OCH3 is 1. The molecule has 0 unspecified atom stereocenters. The number of aromatic nitrogens is 4. The number of benzene rings is 2. The molecule has 0 saturated carbocycles. The fourth-order valence-corrected chi connectivity index (χ4v) is 5.93. The smallest absolute Gasteiger partial charge is 0.352 e. The lowest BCUT2D eigenvalue weighted by molar-refractivity contribution is 0.252. The molecule has 10 heteroatoms. The van der Waals surface area contributed by atoms with Crippen molar-refractivity contribution < 1.29 is 9.13 Å². The minimum absolute atomic E-state index is 0.206. The van der Waals surface area contributed by atoms with Crippen molar-refractivity contribution in [3.05, 3.63) is 87.7 Å². The highest BCUT2D eigenvalue weighted by molar-refractivity contribution is 7.18. The summed E-state index contributed by atoms with van der Waals surface area (Å²) in [6, 6.07) is 16.6. The van der Waals surface area contributed by atoms with E-state index in [1.807, 2.05) is 30.3 Å². The number of rotatable bonds is 6. The molecule has 0 aliphatic carbocycles. The number of piperazine rings is 1. The first-order chi connectivity index (χ1) is 17.6. The van der Waals surface area contributed by atoms with Crippen LogP contribution in [-0.4, -0.2) is 57.4 Å². The van der Waals surface area contributed by atoms with Crippen LogP contribution in [0.4, 0.5) is 10.1 Å². The van der Waals surface area contributed by atoms with E-state index in [1.165, 1.54) is 21.8 Å². The summed E-state index contributed by atoms with van der Waals surface area (Å²) in [5.74, 6) is 0.569. The first-order valence-electron chi connectivity index (χ1n) is 11.8. The average Bonchev–Trinajstić information content (AvgIpc) is 3.55. The second kappa shape index (κ2) is 9.36. The van der Waals surface area contributed by atoms with E-state index in [2.05, 4.69) is 25.9 Å². The summed E-state index contributed by atoms with van der Waals surface area (Å²) in [5.41, 5.74) is 2.30. The molecule has 5 aromatic rings. The molecule has 1 saturated heterocycles. The third-order valence-electron chi connectivity index (χ3n) is 6.63. The first-order valence-corrected chi connectivity index (χ1v) is 12.6. The summed E-state index contributed by atoms with van der Waals surface area (Å²) in [6.45, 7) is 4.65. The van der Waals surface area contributed by atoms with E-state index in [4.69, 9.17) is 4.74 Å². The Labute approximate surface area is 210 Å². The highest BCUT2D eigenvalue weighted by Crippen LogP contribution is 2.29. The molecule has 0 radical (unpaired) electrons. The first kappa shape index (κ1) is 22.7. The second-order valence-electron chi connectivity index (χ2n) is 8.89. The Hall–Kier alpha value is -3.76. The summed E-state index contributed by atoms with van der Waals surface area (Å²) in [6.07, 6.45) is 1.43. The maximum atomic E-state index is 13.6. The Kier molecular flexibility index (Phi) is 5.90. The third-order valence-corrected chi connectivity index (χ3v) is 7.78. The zero-order valence-electron chi connectivity index (χ0n) is 19.8. The molecule has 0 spiro atoms. The van der Waals surface area contributed by atoms with Crippen molar-refractivity contribution in [3.8, 4) is 5.75 Å². The average molecular weight is 505 g/mol. The van der Waals surface area contributed by atoms with Gasteiger partial charge in [-0.3, -0.25) is 9.47 Å². The normalized spacial score (nSPS) is 14.7. The van der Waals surface area contributed by atoms with Crippen LogP contribution in [0.2, 0.25) is 0 Å². The number of anilines is 1. The number of ether oxygens (including phenoxy) is 1. The van der Waals surface area contributed by atoms with Crippen molar-refractivity contribution in [2.24, 2.45) is 0 Å². The lowest BCUT2D eigenvalue weighted by atomic mass is 10.2. The highest BCUT2D eigenvalue weighted by atomic mass is 32.1. The number of fused-ring (bicyclic) bond motifs is 3. The van der Waals surface area contributed by atoms with Gasteiger partial charge < -0.3 is 9.64 Å². The van der Waals surface area contributed by atoms with E-state index in [-0.39, 0.29) is 11.5 Å². The van der Waals surface area contributed by atoms with Crippen molar-refractivity contribution in [2.75, 3.05) is 38.2 Å². The van der Waals surface area contributed by atoms with Gasteiger partial charge in [0.05, 0.1) is 19.0 Å². The maximum absolute atomic E-state index is 13.6. The molecule has 3 aromatic heterocycles. The lowest BCUT2D eigenvalue weighted by Crippen LogP contribution is -2.45. The van der Waals surface area contributed by atoms with Gasteiger partial charge in [-0.15, -0.1) is 11.3 Å². The van der Waals surface area contributed by atoms with Crippen LogP contribution in [0.1, 0.15) is 10.4 Å². The quantitative estimate of drug-likeness (QED) is 0.352. The summed E-state index contributed by atoms with van der Waals surface area (Å²) >= 11 is 1.63. The van der Waals surface area contributed by atoms with Crippen LogP contribution >= 0.6 is 11.3 Å². The SMILES string of the molecule is COc1ccc(Cn2c(=O)n3ncnc3c3cc(CN4CCN(c5cccc(F)c5)CC4)sc32)cc1. The van der Waals surface area contributed by atoms with Crippen LogP contribution in [0.3, 0.4) is 0 Å². The number of hydrogen-bond acceptors (Lipinski definition) is 7. The maximum Gasteiger partial charge on any atom is 0.352 e. The standard InChI is InChI=1S/C26H25FN6O2S/c1-35-21-7-5-18(6-8-21)15-32-25-23(24-28-17-29-33(24)26(32)34)14-22(36-25)16-30-9-11-31(12-10-30)20-4-2-3-19(27)13-20/h2-8,13-14,17H,9-12,15-16H2,1H3. The molecule has 4 heterocycles. The van der Waals surface area contributed by atoms with Crippen LogP contribution in [0, 0.1) is 5.82 Å². The van der Waals surface area contributed by atoms with Crippen molar-refractivity contribution >= 4 is 32.9 Å². The molecule has 184 valence electrons. The molecular formula is C26H25FN6O2S. The molecule has 0 bridgehead atoms. The molecule has 0 atom stereocenters. The summed E-state index contributed by atoms with van der Waals surface area (Å²) < 4.78 is 22.0. The second-order valence-corrected chi connectivity index (χ2v) is 10.0. The molecule has 6 rings (SSSR count). The van der Waals surface area contributed by atoms with Crippen LogP contribution < -0.4 is 15.3 Å². The van der Waals surface area contributed by atoms with Gasteiger partial charge in [0.25, 0.3) is 0 Å². The lowest BCUT2D eigenvalue weighted by Gasteiger charge is -2.35. The minimum Gasteiger partial charge on any atom is -0.497 e. The van der Waals surface area contributed by atoms with Crippen LogP contribution in [0.15, 0.2) is 65.7 Å². The molecule has 1 fully saturated rings. The Morgan fingerprint density at radius 2 is 1.83 bits per heavy atom. The van der Waals surface area contributed by atoms with Gasteiger partial charge >= 0.3 is 5.69 Å². The topological polar surface area (TPSA) is 67.9 Å². The predicted molar refractivity (Wildman–Crippen MR) is 139 cm³/mol. The predicted octanol–water partition coefficient (Wildman–Crippen LogP) is 3.62. The minimum atomic E-state index is -0.208. The molecule has 0 N–H and O–H groups in total. The van der Waals surface area contributed by atoms with Gasteiger partial charge in [0.15, 0.2) is 5.65 Å². The van der Waals surface area contributed by atoms with Gasteiger partial charge in [-0.1, -0.05) is 18.2 Å². The molecule has 8 nitrogen and oxygen atoms in total. The van der Waals surface area contributed by atoms with Gasteiger partial charge in [-0.05, 0) is 42.0 Å². The molecule has 1 aliphatic rings. The summed E-state index contributed by atoms with van der Waals surface area (Å²) in [4.78, 5) is 24.3. The van der Waals surface area contributed by atoms with E-state index < -0.39 is 0 Å². The fourth-order valence-electron chi connectivity index (χ4n) is 4.75. The highest BCUT2D eigenvalue weighted by Gasteiger charge is 2.21. The van der Waals surface area contributed by atoms with Crippen LogP contribution in [0.25, 0.3) is 15.9 Å². The van der Waals surface area contributed by atoms with E-state index in [9.17, 15) is 9.18 Å². The summed E-state index contributed by atoms with van der Waals surface area (Å²) in [5, 5.41) is 5.11. The van der Waals surface area contributed by atoms with Crippen LogP contribution in [0.5, 0.6) is 5.75 Å². The Morgan fingerprint density at radius 3 is 2.58 bits per heavy atom. The van der Waals surface area contributed by atoms with E-state index >= 15 is 0 Å². The van der Waals surface area contributed by atoms with E-state index in [0.717, 1.165) is 59.9 Å². The number of hydrogen-bond donors (Lipinski definition) is 0. The Bertz CT molecular complexity index is 1580. The van der Waals surface area contributed by atoms with E-state index in [0.29, 0.717) is 12.2 Å². The fraction of sp³-hybridized carbons (Fsp3) is 0.269. The van der Waals surface area contributed by atoms with Gasteiger partial charge in [0.2, 0.25) is 0 Å². The van der Waals surface area contributed by atoms with Crippen molar-refractivity contribution in [3.63, 3.8) is 0 Å². The number of halogens is 1.